The Hall–Kier alpha value is -1.72. The molecule has 0 aliphatic heterocycles. The van der Waals surface area contributed by atoms with Crippen LogP contribution in [0.25, 0.3) is 0 Å². The molecule has 2 aromatic carbocycles. The Morgan fingerprint density at radius 3 is 2.30 bits per heavy atom. The summed E-state index contributed by atoms with van der Waals surface area (Å²) < 4.78 is 6.01. The smallest absolute Gasteiger partial charge is 0.126 e. The van der Waals surface area contributed by atoms with Gasteiger partial charge in [-0.3, -0.25) is 0 Å². The second-order valence-corrected chi connectivity index (χ2v) is 5.73. The van der Waals surface area contributed by atoms with Crippen molar-refractivity contribution in [3.8, 4) is 0 Å². The SMILES string of the molecule is Cc1ccc([C@H](OC[C@@H](O)C[NH2+]CCO)c2ccccc2)cc1. The van der Waals surface area contributed by atoms with Gasteiger partial charge in [0.05, 0.1) is 19.8 Å². The monoisotopic (exact) mass is 316 g/mol. The molecule has 0 unspecified atom stereocenters. The largest absolute Gasteiger partial charge is 0.391 e. The zero-order valence-corrected chi connectivity index (χ0v) is 13.6. The third-order valence-electron chi connectivity index (χ3n) is 3.71. The molecule has 4 heteroatoms. The molecule has 0 heterocycles. The lowest BCUT2D eigenvalue weighted by Gasteiger charge is -2.21. The maximum atomic E-state index is 10.0. The maximum absolute atomic E-state index is 10.0. The fourth-order valence-corrected chi connectivity index (χ4v) is 2.43. The molecular formula is C19H26NO3+. The van der Waals surface area contributed by atoms with Crippen LogP contribution in [-0.4, -0.2) is 42.6 Å². The number of quaternary nitrogens is 1. The van der Waals surface area contributed by atoms with E-state index >= 15 is 0 Å². The molecule has 2 aromatic rings. The Morgan fingerprint density at radius 1 is 1.00 bits per heavy atom. The van der Waals surface area contributed by atoms with Crippen LogP contribution in [0.2, 0.25) is 0 Å². The highest BCUT2D eigenvalue weighted by Gasteiger charge is 2.17. The summed E-state index contributed by atoms with van der Waals surface area (Å²) in [6.07, 6.45) is -0.748. The predicted octanol–water partition coefficient (Wildman–Crippen LogP) is 1.02. The van der Waals surface area contributed by atoms with Crippen LogP contribution in [0.3, 0.4) is 0 Å². The van der Waals surface area contributed by atoms with Gasteiger partial charge in [0.2, 0.25) is 0 Å². The van der Waals surface area contributed by atoms with E-state index in [2.05, 4.69) is 31.2 Å². The number of ether oxygens (including phenoxy) is 1. The highest BCUT2D eigenvalue weighted by Crippen LogP contribution is 2.26. The molecule has 0 spiro atoms. The molecule has 4 N–H and O–H groups in total. The standard InChI is InChI=1S/C19H25NO3/c1-15-7-9-17(10-8-15)19(16-5-3-2-4-6-16)23-14-18(22)13-20-11-12-21/h2-10,18-22H,11-14H2,1H3/p+1/t18-,19+/m0/s1. The van der Waals surface area contributed by atoms with Gasteiger partial charge in [-0.05, 0) is 18.1 Å². The minimum atomic E-state index is -0.557. The molecule has 2 atom stereocenters. The van der Waals surface area contributed by atoms with E-state index in [1.54, 1.807) is 0 Å². The first kappa shape index (κ1) is 17.6. The lowest BCUT2D eigenvalue weighted by atomic mass is 10.0. The van der Waals surface area contributed by atoms with E-state index in [1.165, 1.54) is 5.56 Å². The van der Waals surface area contributed by atoms with Crippen molar-refractivity contribution >= 4 is 0 Å². The van der Waals surface area contributed by atoms with Crippen molar-refractivity contribution in [1.29, 1.82) is 0 Å². The van der Waals surface area contributed by atoms with Gasteiger partial charge in [0.25, 0.3) is 0 Å². The molecular weight excluding hydrogens is 290 g/mol. The predicted molar refractivity (Wildman–Crippen MR) is 90.2 cm³/mol. The van der Waals surface area contributed by atoms with Crippen LogP contribution in [0.4, 0.5) is 0 Å². The minimum Gasteiger partial charge on any atom is -0.391 e. The summed E-state index contributed by atoms with van der Waals surface area (Å²) in [5, 5.41) is 20.7. The van der Waals surface area contributed by atoms with Crippen LogP contribution in [0.1, 0.15) is 22.8 Å². The lowest BCUT2D eigenvalue weighted by Crippen LogP contribution is -2.87. The van der Waals surface area contributed by atoms with Crippen molar-refractivity contribution in [2.75, 3.05) is 26.3 Å². The van der Waals surface area contributed by atoms with Crippen molar-refractivity contribution in [2.45, 2.75) is 19.1 Å². The van der Waals surface area contributed by atoms with Crippen molar-refractivity contribution in [2.24, 2.45) is 0 Å². The van der Waals surface area contributed by atoms with Gasteiger partial charge >= 0.3 is 0 Å². The van der Waals surface area contributed by atoms with Gasteiger partial charge in [-0.25, -0.2) is 0 Å². The van der Waals surface area contributed by atoms with E-state index in [4.69, 9.17) is 9.84 Å². The van der Waals surface area contributed by atoms with Crippen LogP contribution < -0.4 is 5.32 Å². The van der Waals surface area contributed by atoms with Gasteiger partial charge in [0, 0.05) is 0 Å². The molecule has 0 aliphatic rings. The zero-order valence-electron chi connectivity index (χ0n) is 13.6. The molecule has 0 saturated heterocycles. The molecule has 0 aromatic heterocycles. The van der Waals surface area contributed by atoms with E-state index in [1.807, 2.05) is 35.6 Å². The van der Waals surface area contributed by atoms with E-state index in [-0.39, 0.29) is 19.3 Å². The number of hydrogen-bond acceptors (Lipinski definition) is 3. The fraction of sp³-hybridized carbons (Fsp3) is 0.368. The molecule has 0 amide bonds. The Balaban J connectivity index is 2.04. The van der Waals surface area contributed by atoms with Crippen molar-refractivity contribution in [3.05, 3.63) is 71.3 Å². The van der Waals surface area contributed by atoms with Crippen LogP contribution in [-0.2, 0) is 4.74 Å². The summed E-state index contributed by atoms with van der Waals surface area (Å²) in [5.74, 6) is 0. The topological polar surface area (TPSA) is 66.3 Å². The highest BCUT2D eigenvalue weighted by molar-refractivity contribution is 5.31. The Morgan fingerprint density at radius 2 is 1.65 bits per heavy atom. The highest BCUT2D eigenvalue weighted by atomic mass is 16.5. The Bertz CT molecular complexity index is 557. The number of nitrogens with two attached hydrogens (primary N) is 1. The first-order valence-corrected chi connectivity index (χ1v) is 8.04. The molecule has 0 bridgehead atoms. The second kappa shape index (κ2) is 9.43. The first-order chi connectivity index (χ1) is 11.2. The van der Waals surface area contributed by atoms with Gasteiger partial charge in [-0.2, -0.15) is 0 Å². The van der Waals surface area contributed by atoms with Gasteiger partial charge in [-0.15, -0.1) is 0 Å². The average molecular weight is 316 g/mol. The summed E-state index contributed by atoms with van der Waals surface area (Å²) in [7, 11) is 0. The van der Waals surface area contributed by atoms with E-state index in [0.717, 1.165) is 11.1 Å². The van der Waals surface area contributed by atoms with Crippen molar-refractivity contribution < 1.29 is 20.3 Å². The molecule has 2 rings (SSSR count). The number of hydrogen-bond donors (Lipinski definition) is 3. The second-order valence-electron chi connectivity index (χ2n) is 5.73. The summed E-state index contributed by atoms with van der Waals surface area (Å²) in [6.45, 7) is 3.55. The normalized spacial score (nSPS) is 13.7. The lowest BCUT2D eigenvalue weighted by molar-refractivity contribution is -0.662. The van der Waals surface area contributed by atoms with E-state index < -0.39 is 6.10 Å². The molecule has 23 heavy (non-hydrogen) atoms. The molecule has 0 radical (unpaired) electrons. The number of aliphatic hydroxyl groups is 2. The van der Waals surface area contributed by atoms with Crippen LogP contribution in [0.15, 0.2) is 54.6 Å². The van der Waals surface area contributed by atoms with Gasteiger partial charge in [-0.1, -0.05) is 60.2 Å². The number of rotatable bonds is 9. The van der Waals surface area contributed by atoms with Crippen LogP contribution in [0, 0.1) is 6.92 Å². The fourth-order valence-electron chi connectivity index (χ4n) is 2.43. The van der Waals surface area contributed by atoms with Crippen LogP contribution in [0.5, 0.6) is 0 Å². The number of aryl methyl sites for hydroxylation is 1. The molecule has 0 fully saturated rings. The molecule has 0 aliphatic carbocycles. The third-order valence-corrected chi connectivity index (χ3v) is 3.71. The number of aliphatic hydroxyl groups excluding tert-OH is 2. The van der Waals surface area contributed by atoms with Crippen LogP contribution >= 0.6 is 0 Å². The zero-order chi connectivity index (χ0) is 16.5. The molecule has 0 saturated carbocycles. The third kappa shape index (κ3) is 5.77. The average Bonchev–Trinajstić information content (AvgIpc) is 2.58. The van der Waals surface area contributed by atoms with Crippen molar-refractivity contribution in [3.63, 3.8) is 0 Å². The summed E-state index contributed by atoms with van der Waals surface area (Å²) in [5.41, 5.74) is 3.36. The summed E-state index contributed by atoms with van der Waals surface area (Å²) >= 11 is 0. The Labute approximate surface area is 137 Å². The Kier molecular flexibility index (Phi) is 7.23. The van der Waals surface area contributed by atoms with Gasteiger partial charge in [0.1, 0.15) is 18.8 Å². The summed E-state index contributed by atoms with van der Waals surface area (Å²) in [6, 6.07) is 18.3. The molecule has 124 valence electrons. The molecule has 4 nitrogen and oxygen atoms in total. The maximum Gasteiger partial charge on any atom is 0.126 e. The minimum absolute atomic E-state index is 0.115. The van der Waals surface area contributed by atoms with E-state index in [9.17, 15) is 5.11 Å². The van der Waals surface area contributed by atoms with Gasteiger partial charge < -0.3 is 20.3 Å². The van der Waals surface area contributed by atoms with E-state index in [0.29, 0.717) is 13.1 Å². The number of benzene rings is 2. The van der Waals surface area contributed by atoms with Gasteiger partial charge in [0.15, 0.2) is 0 Å². The van der Waals surface area contributed by atoms with Crippen molar-refractivity contribution in [1.82, 2.24) is 0 Å². The first-order valence-electron chi connectivity index (χ1n) is 8.04. The quantitative estimate of drug-likeness (QED) is 0.605. The summed E-state index contributed by atoms with van der Waals surface area (Å²) in [4.78, 5) is 0.